The summed E-state index contributed by atoms with van der Waals surface area (Å²) in [4.78, 5) is 13.8. The molecule has 2 aliphatic rings. The Balaban J connectivity index is 1.59. The second-order valence-electron chi connectivity index (χ2n) is 7.87. The third-order valence-electron chi connectivity index (χ3n) is 5.88. The third-order valence-corrected chi connectivity index (χ3v) is 7.80. The molecule has 27 heavy (non-hydrogen) atoms. The van der Waals surface area contributed by atoms with E-state index < -0.39 is 10.0 Å². The predicted molar refractivity (Wildman–Crippen MR) is 106 cm³/mol. The van der Waals surface area contributed by atoms with E-state index in [1.165, 1.54) is 34.9 Å². The lowest BCUT2D eigenvalue weighted by atomic mass is 9.96. The Hall–Kier alpha value is -1.44. The molecule has 0 spiro atoms. The molecule has 0 bridgehead atoms. The lowest BCUT2D eigenvalue weighted by Gasteiger charge is -2.30. The van der Waals surface area contributed by atoms with E-state index in [2.05, 4.69) is 5.32 Å². The largest absolute Gasteiger partial charge is 0.327 e. The first-order chi connectivity index (χ1) is 13.0. The number of rotatable bonds is 6. The monoisotopic (exact) mass is 394 g/mol. The van der Waals surface area contributed by atoms with Gasteiger partial charge in [0.2, 0.25) is 10.0 Å². The molecule has 2 N–H and O–H groups in total. The van der Waals surface area contributed by atoms with Gasteiger partial charge in [0.15, 0.2) is 6.54 Å². The van der Waals surface area contributed by atoms with Crippen molar-refractivity contribution in [1.29, 1.82) is 0 Å². The zero-order valence-electron chi connectivity index (χ0n) is 16.2. The Labute approximate surface area is 163 Å². The van der Waals surface area contributed by atoms with E-state index in [9.17, 15) is 13.2 Å². The summed E-state index contributed by atoms with van der Waals surface area (Å²) in [5.41, 5.74) is 0.649. The van der Waals surface area contributed by atoms with Crippen LogP contribution in [0.25, 0.3) is 0 Å². The smallest absolute Gasteiger partial charge is 0.279 e. The van der Waals surface area contributed by atoms with Crippen LogP contribution in [0.1, 0.15) is 51.4 Å². The Kier molecular flexibility index (Phi) is 6.89. The van der Waals surface area contributed by atoms with Gasteiger partial charge in [-0.2, -0.15) is 4.31 Å². The average molecular weight is 395 g/mol. The molecule has 1 aliphatic heterocycles. The van der Waals surface area contributed by atoms with Crippen LogP contribution >= 0.6 is 0 Å². The lowest BCUT2D eigenvalue weighted by molar-refractivity contribution is -0.896. The summed E-state index contributed by atoms with van der Waals surface area (Å²) in [6.45, 7) is 2.58. The maximum absolute atomic E-state index is 12.9. The number of sulfonamides is 1. The van der Waals surface area contributed by atoms with Crippen LogP contribution in [0.4, 0.5) is 5.69 Å². The van der Waals surface area contributed by atoms with Gasteiger partial charge in [-0.15, -0.1) is 0 Å². The number of carbonyl (C=O) groups is 1. The minimum atomic E-state index is -3.49. The van der Waals surface area contributed by atoms with Crippen molar-refractivity contribution in [2.75, 3.05) is 32.0 Å². The molecular formula is C20H32N3O3S+. The molecule has 1 aromatic carbocycles. The summed E-state index contributed by atoms with van der Waals surface area (Å²) in [5, 5.41) is 2.89. The van der Waals surface area contributed by atoms with Crippen molar-refractivity contribution in [3.63, 3.8) is 0 Å². The highest BCUT2D eigenvalue weighted by Crippen LogP contribution is 2.26. The lowest BCUT2D eigenvalue weighted by Crippen LogP contribution is -3.13. The first-order valence-corrected chi connectivity index (χ1v) is 11.6. The SMILES string of the molecule is CN(C1CCCCC1)S(=O)(=O)c1ccc(NC(=O)C[NH+]2CCCCC2)cc1. The Bertz CT molecular complexity index is 721. The molecule has 0 unspecified atom stereocenters. The predicted octanol–water partition coefficient (Wildman–Crippen LogP) is 1.65. The normalized spacial score (nSPS) is 19.9. The van der Waals surface area contributed by atoms with E-state index in [-0.39, 0.29) is 16.8 Å². The van der Waals surface area contributed by atoms with Crippen LogP contribution in [0.5, 0.6) is 0 Å². The summed E-state index contributed by atoms with van der Waals surface area (Å²) in [7, 11) is -1.81. The maximum Gasteiger partial charge on any atom is 0.279 e. The van der Waals surface area contributed by atoms with E-state index >= 15 is 0 Å². The van der Waals surface area contributed by atoms with Crippen LogP contribution in [0.15, 0.2) is 29.2 Å². The van der Waals surface area contributed by atoms with Crippen LogP contribution in [-0.2, 0) is 14.8 Å². The summed E-state index contributed by atoms with van der Waals surface area (Å²) in [6.07, 6.45) is 8.87. The molecule has 6 nitrogen and oxygen atoms in total. The van der Waals surface area contributed by atoms with Crippen LogP contribution in [-0.4, -0.2) is 51.4 Å². The fourth-order valence-electron chi connectivity index (χ4n) is 4.18. The van der Waals surface area contributed by atoms with Gasteiger partial charge in [0.05, 0.1) is 18.0 Å². The first-order valence-electron chi connectivity index (χ1n) is 10.2. The molecule has 2 fully saturated rings. The molecule has 1 amide bonds. The fourth-order valence-corrected chi connectivity index (χ4v) is 5.59. The van der Waals surface area contributed by atoms with Gasteiger partial charge in [0.25, 0.3) is 5.91 Å². The number of hydrogen-bond acceptors (Lipinski definition) is 3. The fraction of sp³-hybridized carbons (Fsp3) is 0.650. The molecule has 3 rings (SSSR count). The molecule has 1 heterocycles. The van der Waals surface area contributed by atoms with Gasteiger partial charge < -0.3 is 10.2 Å². The average Bonchev–Trinajstić information content (AvgIpc) is 2.69. The van der Waals surface area contributed by atoms with Crippen molar-refractivity contribution in [1.82, 2.24) is 4.31 Å². The number of hydrogen-bond donors (Lipinski definition) is 2. The quantitative estimate of drug-likeness (QED) is 0.771. The van der Waals surface area contributed by atoms with E-state index in [0.717, 1.165) is 38.8 Å². The molecule has 1 saturated heterocycles. The Morgan fingerprint density at radius 2 is 1.63 bits per heavy atom. The van der Waals surface area contributed by atoms with Crippen LogP contribution in [0.3, 0.4) is 0 Å². The Morgan fingerprint density at radius 1 is 1.04 bits per heavy atom. The molecule has 7 heteroatoms. The second-order valence-corrected chi connectivity index (χ2v) is 9.87. The van der Waals surface area contributed by atoms with Crippen molar-refractivity contribution in [2.45, 2.75) is 62.3 Å². The van der Waals surface area contributed by atoms with Crippen molar-refractivity contribution < 1.29 is 18.1 Å². The van der Waals surface area contributed by atoms with E-state index in [1.807, 2.05) is 0 Å². The summed E-state index contributed by atoms with van der Waals surface area (Å²) < 4.78 is 27.3. The number of anilines is 1. The first kappa shape index (κ1) is 20.3. The van der Waals surface area contributed by atoms with E-state index in [1.54, 1.807) is 31.3 Å². The number of quaternary nitrogens is 1. The highest BCUT2D eigenvalue weighted by atomic mass is 32.2. The number of carbonyl (C=O) groups excluding carboxylic acids is 1. The summed E-state index contributed by atoms with van der Waals surface area (Å²) >= 11 is 0. The molecular weight excluding hydrogens is 362 g/mol. The molecule has 1 saturated carbocycles. The third kappa shape index (κ3) is 5.30. The molecule has 0 atom stereocenters. The topological polar surface area (TPSA) is 70.9 Å². The van der Waals surface area contributed by atoms with Crippen molar-refractivity contribution >= 4 is 21.6 Å². The number of benzene rings is 1. The molecule has 0 radical (unpaired) electrons. The van der Waals surface area contributed by atoms with Gasteiger partial charge >= 0.3 is 0 Å². The number of piperidine rings is 1. The van der Waals surface area contributed by atoms with Crippen molar-refractivity contribution in [3.8, 4) is 0 Å². The summed E-state index contributed by atoms with van der Waals surface area (Å²) in [6, 6.07) is 6.65. The highest BCUT2D eigenvalue weighted by molar-refractivity contribution is 7.89. The molecule has 150 valence electrons. The summed E-state index contributed by atoms with van der Waals surface area (Å²) in [5.74, 6) is -0.0122. The van der Waals surface area contributed by atoms with Crippen LogP contribution in [0, 0.1) is 0 Å². The van der Waals surface area contributed by atoms with Gasteiger partial charge in [0, 0.05) is 18.8 Å². The zero-order valence-corrected chi connectivity index (χ0v) is 17.1. The Morgan fingerprint density at radius 3 is 2.26 bits per heavy atom. The highest BCUT2D eigenvalue weighted by Gasteiger charge is 2.29. The van der Waals surface area contributed by atoms with Crippen molar-refractivity contribution in [3.05, 3.63) is 24.3 Å². The number of nitrogens with one attached hydrogen (secondary N) is 2. The van der Waals surface area contributed by atoms with Gasteiger partial charge in [-0.25, -0.2) is 8.42 Å². The van der Waals surface area contributed by atoms with Crippen LogP contribution < -0.4 is 10.2 Å². The molecule has 1 aliphatic carbocycles. The van der Waals surface area contributed by atoms with E-state index in [4.69, 9.17) is 0 Å². The van der Waals surface area contributed by atoms with Gasteiger partial charge in [-0.05, 0) is 56.4 Å². The van der Waals surface area contributed by atoms with Gasteiger partial charge in [-0.3, -0.25) is 4.79 Å². The number of nitrogens with zero attached hydrogens (tertiary/aromatic N) is 1. The molecule has 0 aromatic heterocycles. The van der Waals surface area contributed by atoms with Gasteiger partial charge in [-0.1, -0.05) is 19.3 Å². The maximum atomic E-state index is 12.9. The number of amides is 1. The molecule has 1 aromatic rings. The number of likely N-dealkylation sites (tertiary alicyclic amines) is 1. The standard InChI is InChI=1S/C20H31N3O3S/c1-22(18-8-4-2-5-9-18)27(25,26)19-12-10-17(11-13-19)21-20(24)16-23-14-6-3-7-15-23/h10-13,18H,2-9,14-16H2,1H3,(H,21,24)/p+1. The minimum absolute atomic E-state index is 0.0122. The zero-order chi connectivity index (χ0) is 19.3. The second kappa shape index (κ2) is 9.17. The van der Waals surface area contributed by atoms with E-state index in [0.29, 0.717) is 12.2 Å². The van der Waals surface area contributed by atoms with Crippen LogP contribution in [0.2, 0.25) is 0 Å². The van der Waals surface area contributed by atoms with Gasteiger partial charge in [0.1, 0.15) is 0 Å². The minimum Gasteiger partial charge on any atom is -0.327 e. The van der Waals surface area contributed by atoms with Crippen molar-refractivity contribution in [2.24, 2.45) is 0 Å².